The van der Waals surface area contributed by atoms with E-state index in [4.69, 9.17) is 0 Å². The first-order valence-electron chi connectivity index (χ1n) is 8.58. The Bertz CT molecular complexity index is 1030. The maximum Gasteiger partial charge on any atom is 0.228 e. The Morgan fingerprint density at radius 2 is 1.81 bits per heavy atom. The number of aryl methyl sites for hydroxylation is 1. The molecule has 4 nitrogen and oxygen atoms in total. The van der Waals surface area contributed by atoms with Crippen LogP contribution in [0.2, 0.25) is 0 Å². The zero-order chi connectivity index (χ0) is 17.9. The molecule has 0 saturated heterocycles. The van der Waals surface area contributed by atoms with Crippen LogP contribution in [0.3, 0.4) is 0 Å². The first-order valence-corrected chi connectivity index (χ1v) is 8.58. The highest BCUT2D eigenvalue weighted by atomic mass is 16.1. The second-order valence-corrected chi connectivity index (χ2v) is 6.39. The molecular weight excluding hydrogens is 322 g/mol. The predicted molar refractivity (Wildman–Crippen MR) is 105 cm³/mol. The summed E-state index contributed by atoms with van der Waals surface area (Å²) in [5.41, 5.74) is 5.82. The lowest BCUT2D eigenvalue weighted by atomic mass is 10.1. The lowest BCUT2D eigenvalue weighted by Crippen LogP contribution is -2.14. The lowest BCUT2D eigenvalue weighted by molar-refractivity contribution is -0.115. The van der Waals surface area contributed by atoms with Crippen molar-refractivity contribution in [3.05, 3.63) is 83.9 Å². The van der Waals surface area contributed by atoms with Crippen molar-refractivity contribution in [2.75, 3.05) is 5.32 Å². The van der Waals surface area contributed by atoms with E-state index in [-0.39, 0.29) is 5.91 Å². The number of nitrogens with zero attached hydrogens (tertiary/aromatic N) is 1. The molecule has 3 aromatic carbocycles. The Hall–Kier alpha value is -3.40. The van der Waals surface area contributed by atoms with Gasteiger partial charge in [-0.25, -0.2) is 4.98 Å². The molecule has 1 heterocycles. The molecule has 1 aromatic heterocycles. The van der Waals surface area contributed by atoms with Crippen LogP contribution in [-0.4, -0.2) is 15.9 Å². The summed E-state index contributed by atoms with van der Waals surface area (Å²) in [6.07, 6.45) is 0.356. The van der Waals surface area contributed by atoms with E-state index in [0.29, 0.717) is 6.42 Å². The molecule has 2 N–H and O–H groups in total. The first-order chi connectivity index (χ1) is 12.7. The summed E-state index contributed by atoms with van der Waals surface area (Å²) in [5.74, 6) is 0.761. The second kappa shape index (κ2) is 6.84. The third-order valence-corrected chi connectivity index (χ3v) is 4.29. The molecular formula is C22H19N3O. The molecule has 1 amide bonds. The Kier molecular flexibility index (Phi) is 4.23. The molecule has 0 unspecified atom stereocenters. The Balaban J connectivity index is 1.51. The van der Waals surface area contributed by atoms with Gasteiger partial charge in [0.05, 0.1) is 17.5 Å². The average Bonchev–Trinajstić information content (AvgIpc) is 3.08. The fourth-order valence-electron chi connectivity index (χ4n) is 2.93. The molecule has 4 rings (SSSR count). The number of para-hydroxylation sites is 2. The van der Waals surface area contributed by atoms with E-state index >= 15 is 0 Å². The number of imidazole rings is 1. The van der Waals surface area contributed by atoms with Gasteiger partial charge in [0.25, 0.3) is 0 Å². The van der Waals surface area contributed by atoms with Gasteiger partial charge in [0.2, 0.25) is 5.91 Å². The summed E-state index contributed by atoms with van der Waals surface area (Å²) in [5, 5.41) is 2.97. The molecule has 0 bridgehead atoms. The minimum absolute atomic E-state index is 0.0318. The predicted octanol–water partition coefficient (Wildman–Crippen LogP) is 4.72. The second-order valence-electron chi connectivity index (χ2n) is 6.39. The van der Waals surface area contributed by atoms with Gasteiger partial charge in [0.1, 0.15) is 5.82 Å². The fourth-order valence-corrected chi connectivity index (χ4v) is 2.93. The van der Waals surface area contributed by atoms with Crippen LogP contribution in [0.5, 0.6) is 0 Å². The summed E-state index contributed by atoms with van der Waals surface area (Å²) < 4.78 is 0. The normalized spacial score (nSPS) is 10.8. The number of H-pyrrole nitrogens is 1. The molecule has 0 aliphatic carbocycles. The lowest BCUT2D eigenvalue weighted by Gasteiger charge is -2.07. The number of aromatic amines is 1. The van der Waals surface area contributed by atoms with E-state index in [0.717, 1.165) is 33.7 Å². The molecule has 0 atom stereocenters. The van der Waals surface area contributed by atoms with Crippen LogP contribution in [0.4, 0.5) is 5.69 Å². The van der Waals surface area contributed by atoms with E-state index in [1.54, 1.807) is 0 Å². The van der Waals surface area contributed by atoms with E-state index in [2.05, 4.69) is 15.3 Å². The van der Waals surface area contributed by atoms with Crippen molar-refractivity contribution in [1.29, 1.82) is 0 Å². The molecule has 0 saturated carbocycles. The van der Waals surface area contributed by atoms with Crippen molar-refractivity contribution in [2.45, 2.75) is 13.3 Å². The molecule has 4 aromatic rings. The minimum Gasteiger partial charge on any atom is -0.338 e. The van der Waals surface area contributed by atoms with E-state index in [1.807, 2.05) is 79.7 Å². The van der Waals surface area contributed by atoms with Gasteiger partial charge in [-0.2, -0.15) is 0 Å². The highest BCUT2D eigenvalue weighted by Crippen LogP contribution is 2.23. The van der Waals surface area contributed by atoms with Gasteiger partial charge in [-0.15, -0.1) is 0 Å². The van der Waals surface area contributed by atoms with Crippen LogP contribution < -0.4 is 5.32 Å². The molecule has 0 aliphatic rings. The van der Waals surface area contributed by atoms with Crippen LogP contribution in [-0.2, 0) is 11.2 Å². The summed E-state index contributed by atoms with van der Waals surface area (Å²) >= 11 is 0. The van der Waals surface area contributed by atoms with Gasteiger partial charge < -0.3 is 10.3 Å². The van der Waals surface area contributed by atoms with E-state index in [1.165, 1.54) is 5.56 Å². The number of hydrogen-bond donors (Lipinski definition) is 2. The average molecular weight is 341 g/mol. The van der Waals surface area contributed by atoms with Crippen molar-refractivity contribution >= 4 is 22.6 Å². The van der Waals surface area contributed by atoms with Crippen molar-refractivity contribution in [2.24, 2.45) is 0 Å². The molecule has 0 aliphatic heterocycles. The number of carbonyl (C=O) groups excluding carboxylic acids is 1. The van der Waals surface area contributed by atoms with Gasteiger partial charge in [-0.3, -0.25) is 4.79 Å². The quantitative estimate of drug-likeness (QED) is 0.564. The van der Waals surface area contributed by atoms with Crippen molar-refractivity contribution in [3.63, 3.8) is 0 Å². The zero-order valence-corrected chi connectivity index (χ0v) is 14.5. The topological polar surface area (TPSA) is 57.8 Å². The Morgan fingerprint density at radius 3 is 2.62 bits per heavy atom. The highest BCUT2D eigenvalue weighted by Gasteiger charge is 2.08. The van der Waals surface area contributed by atoms with Crippen molar-refractivity contribution in [1.82, 2.24) is 9.97 Å². The summed E-state index contributed by atoms with van der Waals surface area (Å²) in [4.78, 5) is 20.2. The Morgan fingerprint density at radius 1 is 1.00 bits per heavy atom. The summed E-state index contributed by atoms with van der Waals surface area (Å²) in [7, 11) is 0. The maximum atomic E-state index is 12.3. The number of hydrogen-bond acceptors (Lipinski definition) is 2. The van der Waals surface area contributed by atoms with Crippen molar-refractivity contribution < 1.29 is 4.79 Å². The van der Waals surface area contributed by atoms with Gasteiger partial charge in [-0.1, -0.05) is 54.1 Å². The molecule has 0 radical (unpaired) electrons. The number of aromatic nitrogens is 2. The maximum absolute atomic E-state index is 12.3. The smallest absolute Gasteiger partial charge is 0.228 e. The number of amides is 1. The van der Waals surface area contributed by atoms with Crippen LogP contribution in [0.15, 0.2) is 72.8 Å². The van der Waals surface area contributed by atoms with Gasteiger partial charge in [0.15, 0.2) is 0 Å². The first kappa shape index (κ1) is 16.1. The van der Waals surface area contributed by atoms with E-state index in [9.17, 15) is 4.79 Å². The van der Waals surface area contributed by atoms with Crippen LogP contribution in [0.1, 0.15) is 11.1 Å². The van der Waals surface area contributed by atoms with Crippen LogP contribution in [0.25, 0.3) is 22.4 Å². The van der Waals surface area contributed by atoms with Gasteiger partial charge >= 0.3 is 0 Å². The zero-order valence-electron chi connectivity index (χ0n) is 14.5. The number of benzene rings is 3. The number of rotatable bonds is 4. The molecule has 0 spiro atoms. The molecule has 0 fully saturated rings. The summed E-state index contributed by atoms with van der Waals surface area (Å²) in [6.45, 7) is 2.04. The van der Waals surface area contributed by atoms with E-state index < -0.39 is 0 Å². The number of anilines is 1. The SMILES string of the molecule is Cc1ccc(CC(=O)Nc2cccc(-c3nc4ccccc4[nH]3)c2)cc1. The van der Waals surface area contributed by atoms with Crippen LogP contribution in [0, 0.1) is 6.92 Å². The number of fused-ring (bicyclic) bond motifs is 1. The van der Waals surface area contributed by atoms with Crippen molar-refractivity contribution in [3.8, 4) is 11.4 Å². The minimum atomic E-state index is -0.0318. The summed E-state index contributed by atoms with van der Waals surface area (Å²) in [6, 6.07) is 23.7. The fraction of sp³-hybridized carbons (Fsp3) is 0.0909. The van der Waals surface area contributed by atoms with Gasteiger partial charge in [-0.05, 0) is 36.8 Å². The van der Waals surface area contributed by atoms with Crippen LogP contribution >= 0.6 is 0 Å². The standard InChI is InChI=1S/C22H19N3O/c1-15-9-11-16(12-10-15)13-21(26)23-18-6-4-5-17(14-18)22-24-19-7-2-3-8-20(19)25-22/h2-12,14H,13H2,1H3,(H,23,26)(H,24,25). The molecule has 4 heteroatoms. The Labute approximate surface area is 151 Å². The highest BCUT2D eigenvalue weighted by molar-refractivity contribution is 5.93. The van der Waals surface area contributed by atoms with Gasteiger partial charge in [0, 0.05) is 11.3 Å². The third kappa shape index (κ3) is 3.49. The molecule has 128 valence electrons. The number of carbonyl (C=O) groups is 1. The third-order valence-electron chi connectivity index (χ3n) is 4.29. The number of nitrogens with one attached hydrogen (secondary N) is 2. The largest absolute Gasteiger partial charge is 0.338 e. The molecule has 26 heavy (non-hydrogen) atoms. The monoisotopic (exact) mass is 341 g/mol.